The van der Waals surface area contributed by atoms with Crippen LogP contribution >= 0.6 is 22.9 Å². The van der Waals surface area contributed by atoms with Crippen LogP contribution in [0.4, 0.5) is 0 Å². The van der Waals surface area contributed by atoms with Crippen molar-refractivity contribution in [3.8, 4) is 0 Å². The van der Waals surface area contributed by atoms with Crippen molar-refractivity contribution in [2.75, 3.05) is 33.7 Å². The second kappa shape index (κ2) is 7.46. The lowest BCUT2D eigenvalue weighted by Crippen LogP contribution is -2.44. The second-order valence-electron chi connectivity index (χ2n) is 4.86. The lowest BCUT2D eigenvalue weighted by molar-refractivity contribution is 0.133. The van der Waals surface area contributed by atoms with E-state index in [9.17, 15) is 0 Å². The van der Waals surface area contributed by atoms with E-state index in [2.05, 4.69) is 37.7 Å². The third kappa shape index (κ3) is 4.21. The molecule has 0 spiro atoms. The van der Waals surface area contributed by atoms with Gasteiger partial charge in [-0.25, -0.2) is 0 Å². The topological polar surface area (TPSA) is 32.5 Å². The Labute approximate surface area is 120 Å². The van der Waals surface area contributed by atoms with E-state index in [1.165, 1.54) is 4.88 Å². The third-order valence-corrected chi connectivity index (χ3v) is 4.48. The van der Waals surface area contributed by atoms with Gasteiger partial charge >= 0.3 is 0 Å². The van der Waals surface area contributed by atoms with Crippen molar-refractivity contribution in [3.63, 3.8) is 0 Å². The summed E-state index contributed by atoms with van der Waals surface area (Å²) < 4.78 is 0. The first-order valence-electron chi connectivity index (χ1n) is 6.34. The third-order valence-electron chi connectivity index (χ3n) is 3.10. The molecule has 104 valence electrons. The van der Waals surface area contributed by atoms with Crippen LogP contribution in [0.2, 0.25) is 5.02 Å². The quantitative estimate of drug-likeness (QED) is 0.838. The van der Waals surface area contributed by atoms with Crippen molar-refractivity contribution in [2.24, 2.45) is 5.73 Å². The highest BCUT2D eigenvalue weighted by Crippen LogP contribution is 2.29. The normalized spacial score (nSPS) is 15.3. The molecule has 5 heteroatoms. The molecule has 1 rings (SSSR count). The van der Waals surface area contributed by atoms with E-state index < -0.39 is 0 Å². The Morgan fingerprint density at radius 1 is 1.44 bits per heavy atom. The summed E-state index contributed by atoms with van der Waals surface area (Å²) in [7, 11) is 4.20. The molecule has 0 aliphatic heterocycles. The SMILES string of the molecule is CCN(C(C)CN(C)C)C(CN)c1cc(Cl)cs1. The molecule has 2 atom stereocenters. The Hall–Kier alpha value is -0.130. The van der Waals surface area contributed by atoms with E-state index in [1.54, 1.807) is 11.3 Å². The number of hydrogen-bond acceptors (Lipinski definition) is 4. The molecule has 3 nitrogen and oxygen atoms in total. The standard InChI is InChI=1S/C13H24ClN3S/c1-5-17(10(2)8-16(3)4)12(7-15)13-6-11(14)9-18-13/h6,9-10,12H,5,7-8,15H2,1-4H3. The molecule has 0 saturated carbocycles. The summed E-state index contributed by atoms with van der Waals surface area (Å²) in [6, 6.07) is 2.77. The molecule has 1 heterocycles. The molecule has 18 heavy (non-hydrogen) atoms. The van der Waals surface area contributed by atoms with Gasteiger partial charge in [-0.2, -0.15) is 0 Å². The maximum Gasteiger partial charge on any atom is 0.0567 e. The molecule has 0 amide bonds. The number of likely N-dealkylation sites (N-methyl/N-ethyl adjacent to an activating group) is 2. The van der Waals surface area contributed by atoms with Crippen LogP contribution in [-0.4, -0.2) is 49.6 Å². The second-order valence-corrected chi connectivity index (χ2v) is 6.24. The zero-order valence-electron chi connectivity index (χ0n) is 11.7. The molecule has 0 bridgehead atoms. The van der Waals surface area contributed by atoms with Crippen LogP contribution in [0, 0.1) is 0 Å². The van der Waals surface area contributed by atoms with Gasteiger partial charge in [-0.1, -0.05) is 18.5 Å². The van der Waals surface area contributed by atoms with E-state index in [-0.39, 0.29) is 6.04 Å². The number of nitrogens with two attached hydrogens (primary N) is 1. The molecular weight excluding hydrogens is 266 g/mol. The van der Waals surface area contributed by atoms with Gasteiger partial charge in [0.25, 0.3) is 0 Å². The monoisotopic (exact) mass is 289 g/mol. The number of hydrogen-bond donors (Lipinski definition) is 1. The van der Waals surface area contributed by atoms with Gasteiger partial charge in [0.15, 0.2) is 0 Å². The van der Waals surface area contributed by atoms with Crippen molar-refractivity contribution in [2.45, 2.75) is 25.9 Å². The molecule has 1 aromatic heterocycles. The first kappa shape index (κ1) is 15.9. The van der Waals surface area contributed by atoms with Gasteiger partial charge in [-0.05, 0) is 33.6 Å². The van der Waals surface area contributed by atoms with E-state index >= 15 is 0 Å². The molecule has 0 aliphatic rings. The summed E-state index contributed by atoms with van der Waals surface area (Å²) in [6.07, 6.45) is 0. The Balaban J connectivity index is 2.83. The van der Waals surface area contributed by atoms with Crippen LogP contribution in [0.25, 0.3) is 0 Å². The highest BCUT2D eigenvalue weighted by atomic mass is 35.5. The minimum absolute atomic E-state index is 0.266. The molecule has 2 unspecified atom stereocenters. The molecule has 0 fully saturated rings. The van der Waals surface area contributed by atoms with Crippen molar-refractivity contribution in [1.29, 1.82) is 0 Å². The summed E-state index contributed by atoms with van der Waals surface area (Å²) in [4.78, 5) is 5.92. The molecule has 2 N–H and O–H groups in total. The summed E-state index contributed by atoms with van der Waals surface area (Å²) in [6.45, 7) is 7.09. The number of rotatable bonds is 7. The fourth-order valence-electron chi connectivity index (χ4n) is 2.39. The first-order chi connectivity index (χ1) is 8.49. The molecule has 0 aliphatic carbocycles. The van der Waals surface area contributed by atoms with Gasteiger partial charge in [0, 0.05) is 29.4 Å². The number of nitrogens with zero attached hydrogens (tertiary/aromatic N) is 2. The van der Waals surface area contributed by atoms with Crippen LogP contribution in [0.3, 0.4) is 0 Å². The Kier molecular flexibility index (Phi) is 6.60. The summed E-state index contributed by atoms with van der Waals surface area (Å²) >= 11 is 7.71. The zero-order chi connectivity index (χ0) is 13.7. The highest BCUT2D eigenvalue weighted by Gasteiger charge is 2.24. The van der Waals surface area contributed by atoms with Gasteiger partial charge in [0.2, 0.25) is 0 Å². The number of thiophene rings is 1. The van der Waals surface area contributed by atoms with Crippen LogP contribution < -0.4 is 5.73 Å². The molecule has 1 aromatic rings. The van der Waals surface area contributed by atoms with Gasteiger partial charge in [-0.15, -0.1) is 11.3 Å². The van der Waals surface area contributed by atoms with E-state index in [1.807, 2.05) is 11.4 Å². The number of halogens is 1. The van der Waals surface area contributed by atoms with Crippen LogP contribution in [-0.2, 0) is 0 Å². The minimum atomic E-state index is 0.266. The Morgan fingerprint density at radius 3 is 2.50 bits per heavy atom. The highest BCUT2D eigenvalue weighted by molar-refractivity contribution is 7.10. The van der Waals surface area contributed by atoms with Crippen molar-refractivity contribution in [1.82, 2.24) is 9.80 Å². The fourth-order valence-corrected chi connectivity index (χ4v) is 3.61. The van der Waals surface area contributed by atoms with Crippen LogP contribution in [0.5, 0.6) is 0 Å². The minimum Gasteiger partial charge on any atom is -0.329 e. The lowest BCUT2D eigenvalue weighted by atomic mass is 10.1. The lowest BCUT2D eigenvalue weighted by Gasteiger charge is -2.35. The molecule has 0 radical (unpaired) electrons. The summed E-state index contributed by atoms with van der Waals surface area (Å²) in [5, 5.41) is 2.79. The molecule has 0 aromatic carbocycles. The van der Waals surface area contributed by atoms with E-state index in [0.717, 1.165) is 18.1 Å². The maximum atomic E-state index is 6.02. The zero-order valence-corrected chi connectivity index (χ0v) is 13.3. The largest absolute Gasteiger partial charge is 0.329 e. The molecular formula is C13H24ClN3S. The maximum absolute atomic E-state index is 6.02. The summed E-state index contributed by atoms with van der Waals surface area (Å²) in [5.41, 5.74) is 5.97. The van der Waals surface area contributed by atoms with Crippen LogP contribution in [0.1, 0.15) is 24.8 Å². The van der Waals surface area contributed by atoms with Crippen molar-refractivity contribution < 1.29 is 0 Å². The van der Waals surface area contributed by atoms with Crippen molar-refractivity contribution in [3.05, 3.63) is 21.3 Å². The average molecular weight is 290 g/mol. The van der Waals surface area contributed by atoms with Gasteiger partial charge < -0.3 is 10.6 Å². The Bertz CT molecular complexity index is 354. The van der Waals surface area contributed by atoms with Gasteiger partial charge in [-0.3, -0.25) is 4.90 Å². The van der Waals surface area contributed by atoms with E-state index in [0.29, 0.717) is 12.6 Å². The first-order valence-corrected chi connectivity index (χ1v) is 7.59. The predicted octanol–water partition coefficient (Wildman–Crippen LogP) is 2.67. The summed E-state index contributed by atoms with van der Waals surface area (Å²) in [5.74, 6) is 0. The van der Waals surface area contributed by atoms with E-state index in [4.69, 9.17) is 17.3 Å². The van der Waals surface area contributed by atoms with Crippen LogP contribution in [0.15, 0.2) is 11.4 Å². The predicted molar refractivity (Wildman–Crippen MR) is 81.5 cm³/mol. The van der Waals surface area contributed by atoms with Crippen molar-refractivity contribution >= 4 is 22.9 Å². The smallest absolute Gasteiger partial charge is 0.0567 e. The Morgan fingerprint density at radius 2 is 2.11 bits per heavy atom. The van der Waals surface area contributed by atoms with Gasteiger partial charge in [0.1, 0.15) is 0 Å². The van der Waals surface area contributed by atoms with Gasteiger partial charge in [0.05, 0.1) is 11.1 Å². The molecule has 0 saturated heterocycles. The average Bonchev–Trinajstić information content (AvgIpc) is 2.71. The fraction of sp³-hybridized carbons (Fsp3) is 0.692.